The van der Waals surface area contributed by atoms with Crippen LogP contribution in [0.15, 0.2) is 24.3 Å². The minimum Gasteiger partial charge on any atom is -0.393 e. The van der Waals surface area contributed by atoms with E-state index in [-0.39, 0.29) is 17.9 Å². The van der Waals surface area contributed by atoms with E-state index >= 15 is 0 Å². The molecule has 2 N–H and O–H groups in total. The lowest BCUT2D eigenvalue weighted by atomic mass is 9.83. The van der Waals surface area contributed by atoms with Crippen LogP contribution >= 0.6 is 11.6 Å². The van der Waals surface area contributed by atoms with Crippen molar-refractivity contribution in [3.63, 3.8) is 0 Å². The largest absolute Gasteiger partial charge is 0.393 e. The Labute approximate surface area is 125 Å². The van der Waals surface area contributed by atoms with Crippen LogP contribution in [0, 0.1) is 5.92 Å². The molecular weight excluding hydrogens is 274 g/mol. The Balaban J connectivity index is 1.98. The predicted molar refractivity (Wildman–Crippen MR) is 80.8 cm³/mol. The lowest BCUT2D eigenvalue weighted by Crippen LogP contribution is -2.43. The van der Waals surface area contributed by atoms with Crippen molar-refractivity contribution < 1.29 is 9.90 Å². The van der Waals surface area contributed by atoms with Gasteiger partial charge in [0, 0.05) is 17.5 Å². The number of aliphatic hydroxyl groups is 1. The van der Waals surface area contributed by atoms with E-state index in [4.69, 9.17) is 11.6 Å². The number of hydrogen-bond acceptors (Lipinski definition) is 2. The second-order valence-corrected chi connectivity index (χ2v) is 6.54. The molecule has 1 saturated carbocycles. The smallest absolute Gasteiger partial charge is 0.230 e. The number of rotatable bonds is 4. The molecule has 1 fully saturated rings. The summed E-state index contributed by atoms with van der Waals surface area (Å²) in [6.45, 7) is 4.35. The molecule has 0 spiro atoms. The van der Waals surface area contributed by atoms with Crippen molar-refractivity contribution in [3.8, 4) is 0 Å². The fourth-order valence-corrected chi connectivity index (χ4v) is 2.82. The minimum atomic E-state index is -0.603. The molecule has 1 aliphatic carbocycles. The maximum atomic E-state index is 12.4. The van der Waals surface area contributed by atoms with E-state index in [1.165, 1.54) is 0 Å². The Hall–Kier alpha value is -1.06. The zero-order valence-corrected chi connectivity index (χ0v) is 12.8. The van der Waals surface area contributed by atoms with Gasteiger partial charge in [0.1, 0.15) is 0 Å². The van der Waals surface area contributed by atoms with Gasteiger partial charge in [-0.2, -0.15) is 0 Å². The molecule has 2 atom stereocenters. The van der Waals surface area contributed by atoms with Gasteiger partial charge < -0.3 is 10.4 Å². The summed E-state index contributed by atoms with van der Waals surface area (Å²) in [6, 6.07) is 7.36. The molecule has 20 heavy (non-hydrogen) atoms. The molecule has 3 nitrogen and oxygen atoms in total. The van der Waals surface area contributed by atoms with Crippen LogP contribution in [-0.4, -0.2) is 23.7 Å². The highest BCUT2D eigenvalue weighted by Crippen LogP contribution is 2.27. The van der Waals surface area contributed by atoms with E-state index in [0.29, 0.717) is 11.6 Å². The predicted octanol–water partition coefficient (Wildman–Crippen LogP) is 2.89. The summed E-state index contributed by atoms with van der Waals surface area (Å²) >= 11 is 5.88. The molecule has 1 amide bonds. The Kier molecular flexibility index (Phi) is 4.71. The molecule has 2 rings (SSSR count). The summed E-state index contributed by atoms with van der Waals surface area (Å²) in [6.07, 6.45) is 2.61. The SMILES string of the molecule is CC(C)(C(=O)NCC1CCCC1O)c1ccc(Cl)cc1. The monoisotopic (exact) mass is 295 g/mol. The number of carbonyl (C=O) groups excluding carboxylic acids is 1. The van der Waals surface area contributed by atoms with E-state index in [9.17, 15) is 9.90 Å². The van der Waals surface area contributed by atoms with Gasteiger partial charge in [-0.15, -0.1) is 0 Å². The Morgan fingerprint density at radius 3 is 2.55 bits per heavy atom. The van der Waals surface area contributed by atoms with Gasteiger partial charge in [0.15, 0.2) is 0 Å². The molecule has 0 aliphatic heterocycles. The van der Waals surface area contributed by atoms with E-state index in [2.05, 4.69) is 5.32 Å². The van der Waals surface area contributed by atoms with E-state index in [0.717, 1.165) is 24.8 Å². The third-order valence-corrected chi connectivity index (χ3v) is 4.53. The Morgan fingerprint density at radius 1 is 1.35 bits per heavy atom. The van der Waals surface area contributed by atoms with Gasteiger partial charge in [-0.3, -0.25) is 4.79 Å². The summed E-state index contributed by atoms with van der Waals surface area (Å²) in [5, 5.41) is 13.4. The van der Waals surface area contributed by atoms with Gasteiger partial charge in [0.2, 0.25) is 5.91 Å². The number of aliphatic hydroxyl groups excluding tert-OH is 1. The van der Waals surface area contributed by atoms with Crippen LogP contribution in [0.2, 0.25) is 5.02 Å². The molecule has 1 aliphatic rings. The normalized spacial score (nSPS) is 22.8. The molecule has 2 unspecified atom stereocenters. The summed E-state index contributed by atoms with van der Waals surface area (Å²) < 4.78 is 0. The van der Waals surface area contributed by atoms with E-state index in [1.807, 2.05) is 26.0 Å². The van der Waals surface area contributed by atoms with Crippen molar-refractivity contribution in [2.45, 2.75) is 44.6 Å². The third-order valence-electron chi connectivity index (χ3n) is 4.28. The van der Waals surface area contributed by atoms with Gasteiger partial charge in [0.25, 0.3) is 0 Å². The van der Waals surface area contributed by atoms with Crippen LogP contribution < -0.4 is 5.32 Å². The van der Waals surface area contributed by atoms with Crippen molar-refractivity contribution in [1.82, 2.24) is 5.32 Å². The molecule has 0 heterocycles. The van der Waals surface area contributed by atoms with E-state index in [1.54, 1.807) is 12.1 Å². The summed E-state index contributed by atoms with van der Waals surface area (Å²) in [7, 11) is 0. The topological polar surface area (TPSA) is 49.3 Å². The van der Waals surface area contributed by atoms with Crippen LogP contribution in [0.4, 0.5) is 0 Å². The van der Waals surface area contributed by atoms with Crippen LogP contribution in [0.3, 0.4) is 0 Å². The zero-order valence-electron chi connectivity index (χ0n) is 12.0. The van der Waals surface area contributed by atoms with Crippen LogP contribution in [0.5, 0.6) is 0 Å². The maximum Gasteiger partial charge on any atom is 0.230 e. The highest BCUT2D eigenvalue weighted by atomic mass is 35.5. The highest BCUT2D eigenvalue weighted by molar-refractivity contribution is 6.30. The first-order valence-corrected chi connectivity index (χ1v) is 7.51. The average molecular weight is 296 g/mol. The fourth-order valence-electron chi connectivity index (χ4n) is 2.70. The molecular formula is C16H22ClNO2. The first kappa shape index (κ1) is 15.3. The molecule has 0 saturated heterocycles. The van der Waals surface area contributed by atoms with Gasteiger partial charge in [0.05, 0.1) is 11.5 Å². The number of carbonyl (C=O) groups is 1. The van der Waals surface area contributed by atoms with Crippen molar-refractivity contribution in [2.24, 2.45) is 5.92 Å². The molecule has 110 valence electrons. The average Bonchev–Trinajstić information content (AvgIpc) is 2.82. The number of benzene rings is 1. The summed E-state index contributed by atoms with van der Waals surface area (Å²) in [4.78, 5) is 12.4. The van der Waals surface area contributed by atoms with Gasteiger partial charge in [-0.05, 0) is 44.4 Å². The standard InChI is InChI=1S/C16H22ClNO2/c1-16(2,12-6-8-13(17)9-7-12)15(20)18-10-11-4-3-5-14(11)19/h6-9,11,14,19H,3-5,10H2,1-2H3,(H,18,20). The van der Waals surface area contributed by atoms with Crippen molar-refractivity contribution in [1.29, 1.82) is 0 Å². The summed E-state index contributed by atoms with van der Waals surface area (Å²) in [5.41, 5.74) is 0.333. The molecule has 4 heteroatoms. The third kappa shape index (κ3) is 3.33. The highest BCUT2D eigenvalue weighted by Gasteiger charge is 2.31. The maximum absolute atomic E-state index is 12.4. The lowest BCUT2D eigenvalue weighted by molar-refractivity contribution is -0.126. The van der Waals surface area contributed by atoms with E-state index < -0.39 is 5.41 Å². The Bertz CT molecular complexity index is 470. The molecule has 1 aromatic rings. The number of nitrogens with one attached hydrogen (secondary N) is 1. The fraction of sp³-hybridized carbons (Fsp3) is 0.562. The quantitative estimate of drug-likeness (QED) is 0.897. The number of halogens is 1. The Morgan fingerprint density at radius 2 is 2.00 bits per heavy atom. The number of amides is 1. The number of hydrogen-bond donors (Lipinski definition) is 2. The lowest BCUT2D eigenvalue weighted by Gasteiger charge is -2.25. The minimum absolute atomic E-state index is 0.0149. The van der Waals surface area contributed by atoms with Gasteiger partial charge >= 0.3 is 0 Å². The van der Waals surface area contributed by atoms with Crippen LogP contribution in [-0.2, 0) is 10.2 Å². The van der Waals surface area contributed by atoms with Gasteiger partial charge in [-0.1, -0.05) is 30.2 Å². The van der Waals surface area contributed by atoms with Gasteiger partial charge in [-0.25, -0.2) is 0 Å². The van der Waals surface area contributed by atoms with Crippen LogP contribution in [0.1, 0.15) is 38.7 Å². The molecule has 0 bridgehead atoms. The van der Waals surface area contributed by atoms with Crippen molar-refractivity contribution in [3.05, 3.63) is 34.9 Å². The second kappa shape index (κ2) is 6.15. The summed E-state index contributed by atoms with van der Waals surface area (Å²) in [5.74, 6) is 0.180. The van der Waals surface area contributed by atoms with Crippen LogP contribution in [0.25, 0.3) is 0 Å². The molecule has 0 radical (unpaired) electrons. The molecule has 1 aromatic carbocycles. The first-order chi connectivity index (χ1) is 9.41. The first-order valence-electron chi connectivity index (χ1n) is 7.13. The second-order valence-electron chi connectivity index (χ2n) is 6.10. The van der Waals surface area contributed by atoms with Crippen molar-refractivity contribution in [2.75, 3.05) is 6.54 Å². The zero-order chi connectivity index (χ0) is 14.8. The molecule has 0 aromatic heterocycles. The van der Waals surface area contributed by atoms with Crippen molar-refractivity contribution >= 4 is 17.5 Å².